The van der Waals surface area contributed by atoms with E-state index >= 15 is 0 Å². The van der Waals surface area contributed by atoms with Crippen LogP contribution in [0.15, 0.2) is 71.5 Å². The Kier molecular flexibility index (Phi) is 6.70. The minimum atomic E-state index is -3.18. The zero-order chi connectivity index (χ0) is 28.8. The fourth-order valence-electron chi connectivity index (χ4n) is 5.01. The van der Waals surface area contributed by atoms with E-state index in [0.717, 1.165) is 11.8 Å². The summed E-state index contributed by atoms with van der Waals surface area (Å²) in [6, 6.07) is 10.3. The SMILES string of the molecule is C=CC(=O)N1CCn2nc(-c3nc(-c4ccc(=O)n(C)c4)c4ccsc4c3-c3ccc(F)cc3OC(F)F)cc2C1. The van der Waals surface area contributed by atoms with Crippen LogP contribution in [0.3, 0.4) is 0 Å². The average Bonchev–Trinajstić information content (AvgIpc) is 3.60. The van der Waals surface area contributed by atoms with Gasteiger partial charge in [0.15, 0.2) is 0 Å². The minimum absolute atomic E-state index is 0.187. The molecule has 5 heterocycles. The smallest absolute Gasteiger partial charge is 0.387 e. The van der Waals surface area contributed by atoms with Crippen molar-refractivity contribution < 1.29 is 22.7 Å². The van der Waals surface area contributed by atoms with Gasteiger partial charge in [-0.1, -0.05) is 6.58 Å². The number of aromatic nitrogens is 4. The van der Waals surface area contributed by atoms with Crippen molar-refractivity contribution >= 4 is 27.3 Å². The van der Waals surface area contributed by atoms with Crippen molar-refractivity contribution in [2.75, 3.05) is 6.54 Å². The summed E-state index contributed by atoms with van der Waals surface area (Å²) in [7, 11) is 1.64. The van der Waals surface area contributed by atoms with Crippen molar-refractivity contribution in [3.63, 3.8) is 0 Å². The molecule has 5 aromatic rings. The summed E-state index contributed by atoms with van der Waals surface area (Å²) in [5.41, 5.74) is 3.27. The van der Waals surface area contributed by atoms with Gasteiger partial charge in [-0.25, -0.2) is 9.37 Å². The first-order valence-corrected chi connectivity index (χ1v) is 13.4. The maximum Gasteiger partial charge on any atom is 0.387 e. The van der Waals surface area contributed by atoms with Crippen molar-refractivity contribution in [2.24, 2.45) is 7.05 Å². The molecule has 41 heavy (non-hydrogen) atoms. The number of pyridine rings is 2. The number of carbonyl (C=O) groups is 1. The van der Waals surface area contributed by atoms with Gasteiger partial charge in [0.1, 0.15) is 23.0 Å². The molecule has 0 radical (unpaired) electrons. The van der Waals surface area contributed by atoms with Crippen LogP contribution in [-0.2, 0) is 24.9 Å². The third-order valence-electron chi connectivity index (χ3n) is 6.92. The molecule has 0 atom stereocenters. The van der Waals surface area contributed by atoms with Crippen molar-refractivity contribution in [3.8, 4) is 39.5 Å². The van der Waals surface area contributed by atoms with Crippen molar-refractivity contribution in [1.29, 1.82) is 0 Å². The molecule has 0 aliphatic carbocycles. The monoisotopic (exact) mass is 577 g/mol. The first-order valence-electron chi connectivity index (χ1n) is 12.5. The van der Waals surface area contributed by atoms with Crippen molar-refractivity contribution in [1.82, 2.24) is 24.2 Å². The van der Waals surface area contributed by atoms with Gasteiger partial charge < -0.3 is 14.2 Å². The molecule has 1 aliphatic rings. The highest BCUT2D eigenvalue weighted by Gasteiger charge is 2.27. The first-order chi connectivity index (χ1) is 19.7. The molecule has 0 N–H and O–H groups in total. The molecule has 0 saturated carbocycles. The molecule has 1 aliphatic heterocycles. The number of carbonyl (C=O) groups excluding carboxylic acids is 1. The van der Waals surface area contributed by atoms with Gasteiger partial charge in [-0.05, 0) is 41.8 Å². The molecule has 1 aromatic carbocycles. The molecule has 6 rings (SSSR count). The maximum atomic E-state index is 14.2. The topological polar surface area (TPSA) is 82.3 Å². The Morgan fingerprint density at radius 2 is 1.98 bits per heavy atom. The van der Waals surface area contributed by atoms with Gasteiger partial charge in [0.25, 0.3) is 0 Å². The van der Waals surface area contributed by atoms with E-state index in [2.05, 4.69) is 6.58 Å². The third-order valence-corrected chi connectivity index (χ3v) is 7.85. The number of thiophene rings is 1. The van der Waals surface area contributed by atoms with E-state index in [1.807, 2.05) is 11.4 Å². The normalized spacial score (nSPS) is 13.0. The Balaban J connectivity index is 1.63. The third kappa shape index (κ3) is 4.80. The van der Waals surface area contributed by atoms with Gasteiger partial charge in [-0.3, -0.25) is 14.3 Å². The lowest BCUT2D eigenvalue weighted by Crippen LogP contribution is -2.37. The predicted molar refractivity (Wildman–Crippen MR) is 149 cm³/mol. The number of rotatable bonds is 6. The number of alkyl halides is 2. The molecule has 208 valence electrons. The van der Waals surface area contributed by atoms with Gasteiger partial charge in [0.05, 0.1) is 24.5 Å². The van der Waals surface area contributed by atoms with Crippen LogP contribution in [0.4, 0.5) is 13.2 Å². The average molecular weight is 578 g/mol. The van der Waals surface area contributed by atoms with Gasteiger partial charge in [-0.15, -0.1) is 11.3 Å². The molecular formula is C29H22F3N5O3S. The zero-order valence-electron chi connectivity index (χ0n) is 21.7. The molecule has 12 heteroatoms. The Hall–Kier alpha value is -4.71. The highest BCUT2D eigenvalue weighted by Crippen LogP contribution is 2.46. The van der Waals surface area contributed by atoms with Crippen LogP contribution >= 0.6 is 11.3 Å². The van der Waals surface area contributed by atoms with E-state index in [9.17, 15) is 22.8 Å². The van der Waals surface area contributed by atoms with Gasteiger partial charge in [0.2, 0.25) is 11.5 Å². The molecule has 0 spiro atoms. The number of benzene rings is 1. The standard InChI is InChI=1S/C29H22F3N5O3S/c1-3-23(38)36-9-10-37-18(15-36)13-21(34-37)27-25(19-6-5-17(30)12-22(19)40-29(31)32)28-20(8-11-41-28)26(33-27)16-4-7-24(39)35(2)14-16/h3-8,11-14,29H,1,9-10,15H2,2H3. The van der Waals surface area contributed by atoms with Gasteiger partial charge >= 0.3 is 6.61 Å². The number of ether oxygens (including phenoxy) is 1. The van der Waals surface area contributed by atoms with Gasteiger partial charge in [0, 0.05) is 58.7 Å². The van der Waals surface area contributed by atoms with E-state index in [4.69, 9.17) is 14.8 Å². The number of aryl methyl sites for hydroxylation is 1. The molecule has 0 saturated heterocycles. The lowest BCUT2D eigenvalue weighted by Gasteiger charge is -2.26. The highest BCUT2D eigenvalue weighted by atomic mass is 32.1. The lowest BCUT2D eigenvalue weighted by atomic mass is 9.97. The van der Waals surface area contributed by atoms with Gasteiger partial charge in [-0.2, -0.15) is 13.9 Å². The number of halogens is 3. The van der Waals surface area contributed by atoms with Crippen LogP contribution in [-0.4, -0.2) is 43.3 Å². The van der Waals surface area contributed by atoms with E-state index in [0.29, 0.717) is 57.9 Å². The van der Waals surface area contributed by atoms with Crippen molar-refractivity contribution in [3.05, 3.63) is 88.6 Å². The Morgan fingerprint density at radius 3 is 2.73 bits per heavy atom. The van der Waals surface area contributed by atoms with E-state index < -0.39 is 12.4 Å². The quantitative estimate of drug-likeness (QED) is 0.250. The summed E-state index contributed by atoms with van der Waals surface area (Å²) in [6.07, 6.45) is 2.93. The van der Waals surface area contributed by atoms with Crippen LogP contribution in [0.5, 0.6) is 5.75 Å². The number of hydrogen-bond acceptors (Lipinski definition) is 6. The molecule has 4 aromatic heterocycles. The minimum Gasteiger partial charge on any atom is -0.434 e. The fourth-order valence-corrected chi connectivity index (χ4v) is 5.97. The summed E-state index contributed by atoms with van der Waals surface area (Å²) >= 11 is 1.36. The number of nitrogens with zero attached hydrogens (tertiary/aromatic N) is 5. The largest absolute Gasteiger partial charge is 0.434 e. The molecular weight excluding hydrogens is 555 g/mol. The second-order valence-corrected chi connectivity index (χ2v) is 10.4. The van der Waals surface area contributed by atoms with Crippen LogP contribution in [0.1, 0.15) is 5.69 Å². The van der Waals surface area contributed by atoms with E-state index in [1.165, 1.54) is 40.2 Å². The van der Waals surface area contributed by atoms with Crippen LogP contribution < -0.4 is 10.3 Å². The van der Waals surface area contributed by atoms with Crippen LogP contribution in [0.25, 0.3) is 43.9 Å². The fraction of sp³-hybridized carbons (Fsp3) is 0.172. The highest BCUT2D eigenvalue weighted by molar-refractivity contribution is 7.18. The first kappa shape index (κ1) is 26.5. The Bertz CT molecular complexity index is 1890. The molecule has 0 bridgehead atoms. The molecule has 8 nitrogen and oxygen atoms in total. The van der Waals surface area contributed by atoms with E-state index in [-0.39, 0.29) is 22.8 Å². The number of fused-ring (bicyclic) bond motifs is 2. The Labute approximate surface area is 235 Å². The summed E-state index contributed by atoms with van der Waals surface area (Å²) in [5, 5.41) is 7.33. The second kappa shape index (κ2) is 10.4. The molecule has 0 fully saturated rings. The van der Waals surface area contributed by atoms with Crippen LogP contribution in [0, 0.1) is 5.82 Å². The zero-order valence-corrected chi connectivity index (χ0v) is 22.5. The Morgan fingerprint density at radius 1 is 1.15 bits per heavy atom. The lowest BCUT2D eigenvalue weighted by molar-refractivity contribution is -0.127. The summed E-state index contributed by atoms with van der Waals surface area (Å²) in [6.45, 7) is 1.57. The summed E-state index contributed by atoms with van der Waals surface area (Å²) in [5.74, 6) is -1.26. The second-order valence-electron chi connectivity index (χ2n) is 9.44. The summed E-state index contributed by atoms with van der Waals surface area (Å²) in [4.78, 5) is 31.0. The number of hydrogen-bond donors (Lipinski definition) is 0. The van der Waals surface area contributed by atoms with E-state index in [1.54, 1.807) is 35.0 Å². The predicted octanol–water partition coefficient (Wildman–Crippen LogP) is 5.46. The van der Waals surface area contributed by atoms with Crippen molar-refractivity contribution in [2.45, 2.75) is 19.7 Å². The number of amides is 1. The van der Waals surface area contributed by atoms with Crippen LogP contribution in [0.2, 0.25) is 0 Å². The molecule has 1 amide bonds. The molecule has 0 unspecified atom stereocenters. The summed E-state index contributed by atoms with van der Waals surface area (Å²) < 4.78 is 49.7. The maximum absolute atomic E-state index is 14.2.